The lowest BCUT2D eigenvalue weighted by Gasteiger charge is -2.45. The highest BCUT2D eigenvalue weighted by molar-refractivity contribution is 9.10. The number of non-ortho nitro benzene ring substituents is 1. The van der Waals surface area contributed by atoms with Gasteiger partial charge in [0, 0.05) is 41.8 Å². The standard InChI is InChI=1S/C19H19BrClN3O3/c1-12-10-22(18-8-7-14(24(26)27)9-17(18)21)11-13(2)23(12)19(25)15-5-3-4-6-16(15)20/h3-9,12-13H,10-11H2,1-2H3. The maximum atomic E-state index is 13.0. The fourth-order valence-electron chi connectivity index (χ4n) is 3.56. The van der Waals surface area contributed by atoms with E-state index in [0.717, 1.165) is 10.2 Å². The minimum Gasteiger partial charge on any atom is -0.366 e. The Bertz CT molecular complexity index is 880. The molecule has 0 aromatic heterocycles. The first kappa shape index (κ1) is 19.6. The van der Waals surface area contributed by atoms with E-state index in [1.807, 2.05) is 43.0 Å². The molecule has 2 aromatic carbocycles. The highest BCUT2D eigenvalue weighted by Gasteiger charge is 2.34. The van der Waals surface area contributed by atoms with Crippen LogP contribution in [-0.4, -0.2) is 40.9 Å². The first-order valence-corrected chi connectivity index (χ1v) is 9.72. The average Bonchev–Trinajstić information content (AvgIpc) is 2.61. The van der Waals surface area contributed by atoms with Gasteiger partial charge in [-0.1, -0.05) is 23.7 Å². The molecule has 142 valence electrons. The average molecular weight is 453 g/mol. The van der Waals surface area contributed by atoms with Gasteiger partial charge in [0.2, 0.25) is 0 Å². The second-order valence-electron chi connectivity index (χ2n) is 6.69. The molecule has 1 aliphatic rings. The number of amides is 1. The van der Waals surface area contributed by atoms with Crippen molar-refractivity contribution in [3.8, 4) is 0 Å². The number of piperazine rings is 1. The lowest BCUT2D eigenvalue weighted by molar-refractivity contribution is -0.384. The summed E-state index contributed by atoms with van der Waals surface area (Å²) in [6.07, 6.45) is 0. The molecule has 1 fully saturated rings. The maximum absolute atomic E-state index is 13.0. The molecule has 1 heterocycles. The minimum atomic E-state index is -0.463. The highest BCUT2D eigenvalue weighted by Crippen LogP contribution is 2.33. The summed E-state index contributed by atoms with van der Waals surface area (Å²) in [4.78, 5) is 27.5. The largest absolute Gasteiger partial charge is 0.366 e. The molecule has 0 radical (unpaired) electrons. The monoisotopic (exact) mass is 451 g/mol. The third-order valence-electron chi connectivity index (χ3n) is 4.74. The van der Waals surface area contributed by atoms with Crippen molar-refractivity contribution in [3.63, 3.8) is 0 Å². The number of carbonyl (C=O) groups excluding carboxylic acids is 1. The summed E-state index contributed by atoms with van der Waals surface area (Å²) in [5.41, 5.74) is 1.35. The van der Waals surface area contributed by atoms with Crippen molar-refractivity contribution >= 4 is 44.8 Å². The SMILES string of the molecule is CC1CN(c2ccc([N+](=O)[O-])cc2Cl)CC(C)N1C(=O)c1ccccc1Br. The second kappa shape index (κ2) is 7.86. The maximum Gasteiger partial charge on any atom is 0.271 e. The minimum absolute atomic E-state index is 0.0167. The van der Waals surface area contributed by atoms with Gasteiger partial charge >= 0.3 is 0 Å². The Morgan fingerprint density at radius 1 is 1.19 bits per heavy atom. The predicted octanol–water partition coefficient (Wildman–Crippen LogP) is 4.75. The van der Waals surface area contributed by atoms with E-state index in [0.29, 0.717) is 23.7 Å². The summed E-state index contributed by atoms with van der Waals surface area (Å²) in [6, 6.07) is 11.8. The van der Waals surface area contributed by atoms with Gasteiger partial charge in [-0.2, -0.15) is 0 Å². The van der Waals surface area contributed by atoms with Crippen molar-refractivity contribution in [3.05, 3.63) is 67.6 Å². The van der Waals surface area contributed by atoms with E-state index in [2.05, 4.69) is 20.8 Å². The number of carbonyl (C=O) groups is 1. The van der Waals surface area contributed by atoms with Gasteiger partial charge in [-0.25, -0.2) is 0 Å². The Kier molecular flexibility index (Phi) is 5.72. The van der Waals surface area contributed by atoms with E-state index >= 15 is 0 Å². The molecule has 2 atom stereocenters. The first-order chi connectivity index (χ1) is 12.8. The molecular formula is C19H19BrClN3O3. The normalized spacial score (nSPS) is 19.9. The Morgan fingerprint density at radius 3 is 2.37 bits per heavy atom. The van der Waals surface area contributed by atoms with Gasteiger partial charge in [0.1, 0.15) is 0 Å². The van der Waals surface area contributed by atoms with Crippen LogP contribution in [0.2, 0.25) is 5.02 Å². The summed E-state index contributed by atoms with van der Waals surface area (Å²) in [5, 5.41) is 11.3. The van der Waals surface area contributed by atoms with Gasteiger partial charge in [-0.15, -0.1) is 0 Å². The molecule has 1 aliphatic heterocycles. The third-order valence-corrected chi connectivity index (χ3v) is 5.73. The molecule has 2 unspecified atom stereocenters. The van der Waals surface area contributed by atoms with Crippen LogP contribution in [0.3, 0.4) is 0 Å². The highest BCUT2D eigenvalue weighted by atomic mass is 79.9. The number of nitro benzene ring substituents is 1. The van der Waals surface area contributed by atoms with Crippen LogP contribution >= 0.6 is 27.5 Å². The van der Waals surface area contributed by atoms with Crippen molar-refractivity contribution < 1.29 is 9.72 Å². The number of hydrogen-bond acceptors (Lipinski definition) is 4. The molecule has 8 heteroatoms. The smallest absolute Gasteiger partial charge is 0.271 e. The fourth-order valence-corrected chi connectivity index (χ4v) is 4.31. The number of benzene rings is 2. The molecule has 6 nitrogen and oxygen atoms in total. The van der Waals surface area contributed by atoms with Gasteiger partial charge < -0.3 is 9.80 Å². The molecule has 1 amide bonds. The van der Waals surface area contributed by atoms with E-state index in [1.54, 1.807) is 6.07 Å². The zero-order chi connectivity index (χ0) is 19.7. The van der Waals surface area contributed by atoms with Crippen molar-refractivity contribution in [1.29, 1.82) is 0 Å². The number of anilines is 1. The summed E-state index contributed by atoms with van der Waals surface area (Å²) in [6.45, 7) is 5.18. The lowest BCUT2D eigenvalue weighted by Crippen LogP contribution is -2.58. The molecule has 27 heavy (non-hydrogen) atoms. The number of rotatable bonds is 3. The van der Waals surface area contributed by atoms with Crippen molar-refractivity contribution in [2.75, 3.05) is 18.0 Å². The van der Waals surface area contributed by atoms with Crippen LogP contribution in [0.4, 0.5) is 11.4 Å². The van der Waals surface area contributed by atoms with Gasteiger partial charge in [0.05, 0.1) is 21.2 Å². The van der Waals surface area contributed by atoms with E-state index < -0.39 is 4.92 Å². The number of hydrogen-bond donors (Lipinski definition) is 0. The second-order valence-corrected chi connectivity index (χ2v) is 7.95. The molecule has 1 saturated heterocycles. The zero-order valence-electron chi connectivity index (χ0n) is 14.9. The molecule has 0 aliphatic carbocycles. The zero-order valence-corrected chi connectivity index (χ0v) is 17.3. The van der Waals surface area contributed by atoms with Crippen LogP contribution in [0, 0.1) is 10.1 Å². The van der Waals surface area contributed by atoms with Crippen LogP contribution in [0.1, 0.15) is 24.2 Å². The Balaban J connectivity index is 1.82. The van der Waals surface area contributed by atoms with E-state index in [-0.39, 0.29) is 23.7 Å². The summed E-state index contributed by atoms with van der Waals surface area (Å²) in [5.74, 6) is -0.0167. The Labute approximate surface area is 171 Å². The quantitative estimate of drug-likeness (QED) is 0.498. The lowest BCUT2D eigenvalue weighted by atomic mass is 10.0. The van der Waals surface area contributed by atoms with E-state index in [1.165, 1.54) is 12.1 Å². The fraction of sp³-hybridized carbons (Fsp3) is 0.316. The Morgan fingerprint density at radius 2 is 1.81 bits per heavy atom. The molecule has 3 rings (SSSR count). The summed E-state index contributed by atoms with van der Waals surface area (Å²) in [7, 11) is 0. The van der Waals surface area contributed by atoms with Crippen LogP contribution < -0.4 is 4.90 Å². The predicted molar refractivity (Wildman–Crippen MR) is 110 cm³/mol. The van der Waals surface area contributed by atoms with Crippen molar-refractivity contribution in [2.45, 2.75) is 25.9 Å². The molecule has 0 N–H and O–H groups in total. The van der Waals surface area contributed by atoms with Gasteiger partial charge in [-0.3, -0.25) is 14.9 Å². The topological polar surface area (TPSA) is 66.7 Å². The number of halogens is 2. The summed E-state index contributed by atoms with van der Waals surface area (Å²) < 4.78 is 0.773. The van der Waals surface area contributed by atoms with Crippen LogP contribution in [-0.2, 0) is 0 Å². The van der Waals surface area contributed by atoms with Crippen molar-refractivity contribution in [2.24, 2.45) is 0 Å². The molecule has 0 bridgehead atoms. The van der Waals surface area contributed by atoms with Crippen LogP contribution in [0.25, 0.3) is 0 Å². The van der Waals surface area contributed by atoms with Crippen LogP contribution in [0.5, 0.6) is 0 Å². The van der Waals surface area contributed by atoms with Gasteiger partial charge in [0.25, 0.3) is 11.6 Å². The third kappa shape index (κ3) is 3.94. The number of nitrogens with zero attached hydrogens (tertiary/aromatic N) is 3. The van der Waals surface area contributed by atoms with E-state index in [9.17, 15) is 14.9 Å². The molecular weight excluding hydrogens is 434 g/mol. The van der Waals surface area contributed by atoms with E-state index in [4.69, 9.17) is 11.6 Å². The molecule has 2 aromatic rings. The van der Waals surface area contributed by atoms with Gasteiger partial charge in [-0.05, 0) is 48.0 Å². The van der Waals surface area contributed by atoms with Crippen LogP contribution in [0.15, 0.2) is 46.9 Å². The van der Waals surface area contributed by atoms with Crippen molar-refractivity contribution in [1.82, 2.24) is 4.90 Å². The number of nitro groups is 1. The summed E-state index contributed by atoms with van der Waals surface area (Å²) >= 11 is 9.73. The van der Waals surface area contributed by atoms with Gasteiger partial charge in [0.15, 0.2) is 0 Å². The molecule has 0 spiro atoms. The first-order valence-electron chi connectivity index (χ1n) is 8.55. The molecule has 0 saturated carbocycles. The Hall–Kier alpha value is -2.12.